The highest BCUT2D eigenvalue weighted by molar-refractivity contribution is 5.81. The molecule has 2 aromatic heterocycles. The molecule has 0 saturated heterocycles. The zero-order chi connectivity index (χ0) is 13.4. The van der Waals surface area contributed by atoms with E-state index in [1.807, 2.05) is 16.4 Å². The van der Waals surface area contributed by atoms with Gasteiger partial charge in [0.1, 0.15) is 6.04 Å². The Labute approximate surface area is 110 Å². The predicted octanol–water partition coefficient (Wildman–Crippen LogP) is 1.25. The van der Waals surface area contributed by atoms with Crippen LogP contribution in [-0.2, 0) is 11.3 Å². The van der Waals surface area contributed by atoms with Gasteiger partial charge in [0.15, 0.2) is 18.0 Å². The zero-order valence-corrected chi connectivity index (χ0v) is 10.9. The molecule has 0 saturated carbocycles. The second-order valence-corrected chi connectivity index (χ2v) is 4.61. The lowest BCUT2D eigenvalue weighted by Crippen LogP contribution is -2.42. The Bertz CT molecular complexity index is 589. The van der Waals surface area contributed by atoms with Crippen LogP contribution in [0.3, 0.4) is 0 Å². The standard InChI is InChI=1S/C12H15N5O2/c1-3-4-16-6-10-14-15-11(9-5-13-7-19-9)17(10)8(2)12(16)18/h5,7-8H,3-4,6H2,1-2H3/t8-/m1/s1. The number of carbonyl (C=O) groups is 1. The molecule has 1 aliphatic heterocycles. The van der Waals surface area contributed by atoms with Crippen LogP contribution < -0.4 is 0 Å². The van der Waals surface area contributed by atoms with Crippen molar-refractivity contribution in [3.05, 3.63) is 18.4 Å². The highest BCUT2D eigenvalue weighted by Crippen LogP contribution is 2.27. The molecule has 0 aromatic carbocycles. The van der Waals surface area contributed by atoms with Gasteiger partial charge in [-0.25, -0.2) is 4.98 Å². The summed E-state index contributed by atoms with van der Waals surface area (Å²) >= 11 is 0. The fraction of sp³-hybridized carbons (Fsp3) is 0.500. The van der Waals surface area contributed by atoms with Crippen LogP contribution in [0.1, 0.15) is 32.1 Å². The van der Waals surface area contributed by atoms with Crippen LogP contribution in [0.4, 0.5) is 0 Å². The number of rotatable bonds is 3. The Hall–Kier alpha value is -2.18. The molecule has 7 heteroatoms. The van der Waals surface area contributed by atoms with Crippen molar-refractivity contribution in [1.82, 2.24) is 24.6 Å². The van der Waals surface area contributed by atoms with E-state index in [0.717, 1.165) is 18.8 Å². The lowest BCUT2D eigenvalue weighted by atomic mass is 10.2. The molecule has 0 fully saturated rings. The van der Waals surface area contributed by atoms with Crippen molar-refractivity contribution in [3.8, 4) is 11.6 Å². The third kappa shape index (κ3) is 1.81. The minimum Gasteiger partial charge on any atom is -0.440 e. The molecule has 1 aliphatic rings. The summed E-state index contributed by atoms with van der Waals surface area (Å²) in [5.74, 6) is 1.97. The van der Waals surface area contributed by atoms with Gasteiger partial charge >= 0.3 is 0 Å². The van der Waals surface area contributed by atoms with Gasteiger partial charge in [0, 0.05) is 6.54 Å². The van der Waals surface area contributed by atoms with E-state index in [2.05, 4.69) is 22.1 Å². The smallest absolute Gasteiger partial charge is 0.245 e. The number of aromatic nitrogens is 4. The molecule has 0 aliphatic carbocycles. The second kappa shape index (κ2) is 4.49. The van der Waals surface area contributed by atoms with Gasteiger partial charge in [-0.15, -0.1) is 10.2 Å². The molecule has 1 amide bonds. The first kappa shape index (κ1) is 11.9. The number of hydrogen-bond acceptors (Lipinski definition) is 5. The predicted molar refractivity (Wildman–Crippen MR) is 65.9 cm³/mol. The minimum absolute atomic E-state index is 0.0925. The Morgan fingerprint density at radius 1 is 1.47 bits per heavy atom. The van der Waals surface area contributed by atoms with Crippen molar-refractivity contribution in [2.24, 2.45) is 0 Å². The lowest BCUT2D eigenvalue weighted by Gasteiger charge is -2.31. The summed E-state index contributed by atoms with van der Waals surface area (Å²) in [5, 5.41) is 8.28. The Morgan fingerprint density at radius 3 is 3.00 bits per heavy atom. The first-order chi connectivity index (χ1) is 9.22. The Kier molecular flexibility index (Phi) is 2.81. The maximum atomic E-state index is 12.3. The van der Waals surface area contributed by atoms with Gasteiger partial charge in [0.05, 0.1) is 12.7 Å². The monoisotopic (exact) mass is 261 g/mol. The molecular formula is C12H15N5O2. The van der Waals surface area contributed by atoms with E-state index in [1.165, 1.54) is 6.39 Å². The van der Waals surface area contributed by atoms with Gasteiger partial charge in [0.2, 0.25) is 11.7 Å². The van der Waals surface area contributed by atoms with Crippen LogP contribution in [0, 0.1) is 0 Å². The van der Waals surface area contributed by atoms with E-state index < -0.39 is 0 Å². The van der Waals surface area contributed by atoms with Crippen LogP contribution in [-0.4, -0.2) is 37.1 Å². The maximum Gasteiger partial charge on any atom is 0.245 e. The zero-order valence-electron chi connectivity index (χ0n) is 10.9. The highest BCUT2D eigenvalue weighted by atomic mass is 16.3. The summed E-state index contributed by atoms with van der Waals surface area (Å²) < 4.78 is 7.07. The molecule has 0 radical (unpaired) electrons. The fourth-order valence-electron chi connectivity index (χ4n) is 2.42. The van der Waals surface area contributed by atoms with E-state index in [-0.39, 0.29) is 11.9 Å². The Morgan fingerprint density at radius 2 is 2.32 bits per heavy atom. The fourth-order valence-corrected chi connectivity index (χ4v) is 2.42. The molecule has 3 heterocycles. The number of carbonyl (C=O) groups excluding carboxylic acids is 1. The van der Waals surface area contributed by atoms with E-state index in [9.17, 15) is 4.79 Å². The van der Waals surface area contributed by atoms with Crippen LogP contribution in [0.2, 0.25) is 0 Å². The average Bonchev–Trinajstić information content (AvgIpc) is 3.03. The summed E-state index contributed by atoms with van der Waals surface area (Å²) in [7, 11) is 0. The summed E-state index contributed by atoms with van der Waals surface area (Å²) in [4.78, 5) is 18.0. The molecular weight excluding hydrogens is 246 g/mol. The van der Waals surface area contributed by atoms with Crippen molar-refractivity contribution in [2.75, 3.05) is 6.54 Å². The van der Waals surface area contributed by atoms with E-state index >= 15 is 0 Å². The van der Waals surface area contributed by atoms with Gasteiger partial charge in [0.25, 0.3) is 0 Å². The largest absolute Gasteiger partial charge is 0.440 e. The van der Waals surface area contributed by atoms with Gasteiger partial charge in [-0.1, -0.05) is 6.92 Å². The van der Waals surface area contributed by atoms with E-state index in [0.29, 0.717) is 18.1 Å². The van der Waals surface area contributed by atoms with Crippen molar-refractivity contribution >= 4 is 5.91 Å². The number of nitrogens with zero attached hydrogens (tertiary/aromatic N) is 5. The topological polar surface area (TPSA) is 77.1 Å². The number of oxazole rings is 1. The number of fused-ring (bicyclic) bond motifs is 1. The minimum atomic E-state index is -0.314. The third-order valence-corrected chi connectivity index (χ3v) is 3.30. The maximum absolute atomic E-state index is 12.3. The molecule has 0 unspecified atom stereocenters. The molecule has 0 N–H and O–H groups in total. The first-order valence-electron chi connectivity index (χ1n) is 6.33. The normalized spacial score (nSPS) is 18.7. The molecule has 0 spiro atoms. The van der Waals surface area contributed by atoms with Crippen LogP contribution in [0.25, 0.3) is 11.6 Å². The molecule has 0 bridgehead atoms. The molecule has 3 rings (SSSR count). The summed E-state index contributed by atoms with van der Waals surface area (Å²) in [6.45, 7) is 5.15. The van der Waals surface area contributed by atoms with E-state index in [4.69, 9.17) is 4.42 Å². The van der Waals surface area contributed by atoms with Crippen molar-refractivity contribution in [1.29, 1.82) is 0 Å². The average molecular weight is 261 g/mol. The second-order valence-electron chi connectivity index (χ2n) is 4.61. The molecule has 7 nitrogen and oxygen atoms in total. The Balaban J connectivity index is 2.02. The summed E-state index contributed by atoms with van der Waals surface area (Å²) in [6.07, 6.45) is 3.85. The summed E-state index contributed by atoms with van der Waals surface area (Å²) in [6, 6.07) is -0.314. The molecule has 100 valence electrons. The summed E-state index contributed by atoms with van der Waals surface area (Å²) in [5.41, 5.74) is 0. The number of amides is 1. The van der Waals surface area contributed by atoms with E-state index in [1.54, 1.807) is 6.20 Å². The highest BCUT2D eigenvalue weighted by Gasteiger charge is 2.33. The number of hydrogen-bond donors (Lipinski definition) is 0. The van der Waals surface area contributed by atoms with Gasteiger partial charge < -0.3 is 9.32 Å². The SMILES string of the molecule is CCCN1Cc2nnc(-c3cnco3)n2[C@H](C)C1=O. The van der Waals surface area contributed by atoms with Crippen LogP contribution in [0.15, 0.2) is 17.0 Å². The molecule has 19 heavy (non-hydrogen) atoms. The quantitative estimate of drug-likeness (QED) is 0.831. The van der Waals surface area contributed by atoms with Crippen molar-refractivity contribution in [3.63, 3.8) is 0 Å². The van der Waals surface area contributed by atoms with Gasteiger partial charge in [-0.3, -0.25) is 9.36 Å². The molecule has 2 aromatic rings. The van der Waals surface area contributed by atoms with Crippen LogP contribution >= 0.6 is 0 Å². The third-order valence-electron chi connectivity index (χ3n) is 3.30. The van der Waals surface area contributed by atoms with Gasteiger partial charge in [-0.05, 0) is 13.3 Å². The van der Waals surface area contributed by atoms with Crippen molar-refractivity contribution < 1.29 is 9.21 Å². The van der Waals surface area contributed by atoms with Gasteiger partial charge in [-0.2, -0.15) is 0 Å². The lowest BCUT2D eigenvalue weighted by molar-refractivity contribution is -0.136. The van der Waals surface area contributed by atoms with Crippen LogP contribution in [0.5, 0.6) is 0 Å². The molecule has 1 atom stereocenters. The van der Waals surface area contributed by atoms with Crippen molar-refractivity contribution in [2.45, 2.75) is 32.9 Å². The first-order valence-corrected chi connectivity index (χ1v) is 6.33.